The Kier molecular flexibility index (Phi) is 7.84. The number of hydrogen-bond donors (Lipinski definition) is 2. The van der Waals surface area contributed by atoms with Crippen LogP contribution in [0.2, 0.25) is 0 Å². The van der Waals surface area contributed by atoms with Crippen LogP contribution >= 0.6 is 34.9 Å². The van der Waals surface area contributed by atoms with Crippen LogP contribution in [0.25, 0.3) is 0 Å². The number of rotatable bonds is 8. The number of nitrogens with one attached hydrogen (secondary N) is 2. The Hall–Kier alpha value is -0.800. The van der Waals surface area contributed by atoms with E-state index in [0.717, 1.165) is 34.4 Å². The Morgan fingerprint density at radius 1 is 0.852 bits per heavy atom. The van der Waals surface area contributed by atoms with Gasteiger partial charge >= 0.3 is 0 Å². The van der Waals surface area contributed by atoms with Gasteiger partial charge in [0.05, 0.1) is 10.5 Å². The minimum absolute atomic E-state index is 0.0700. The smallest absolute Gasteiger partial charge is 0.233 e. The topological polar surface area (TPSA) is 84.0 Å². The molecule has 2 fully saturated rings. The minimum atomic E-state index is -0.195. The number of nitrogens with zero attached hydrogens (tertiary/aromatic N) is 2. The van der Waals surface area contributed by atoms with Gasteiger partial charge < -0.3 is 10.6 Å². The molecule has 0 spiro atoms. The largest absolute Gasteiger partial charge is 0.352 e. The number of hydrogen-bond acceptors (Lipinski definition) is 7. The van der Waals surface area contributed by atoms with E-state index in [1.807, 2.05) is 13.8 Å². The van der Waals surface area contributed by atoms with Gasteiger partial charge in [0.15, 0.2) is 8.68 Å². The molecular weight excluding hydrogens is 400 g/mol. The molecule has 2 N–H and O–H groups in total. The Labute approximate surface area is 173 Å². The van der Waals surface area contributed by atoms with Crippen molar-refractivity contribution in [3.8, 4) is 0 Å². The summed E-state index contributed by atoms with van der Waals surface area (Å²) < 4.78 is 1.55. The molecule has 1 aromatic rings. The summed E-state index contributed by atoms with van der Waals surface area (Å²) in [5.74, 6) is 0.140. The lowest BCUT2D eigenvalue weighted by atomic mass is 10.2. The molecule has 6 nitrogen and oxygen atoms in total. The zero-order valence-electron chi connectivity index (χ0n) is 15.9. The van der Waals surface area contributed by atoms with E-state index in [1.165, 1.54) is 60.5 Å². The molecule has 0 radical (unpaired) electrons. The lowest BCUT2D eigenvalue weighted by Gasteiger charge is -2.15. The van der Waals surface area contributed by atoms with Crippen molar-refractivity contribution in [2.45, 2.75) is 96.5 Å². The molecule has 2 unspecified atom stereocenters. The van der Waals surface area contributed by atoms with Crippen LogP contribution in [-0.4, -0.2) is 44.6 Å². The Morgan fingerprint density at radius 2 is 1.22 bits per heavy atom. The maximum atomic E-state index is 12.3. The molecular formula is C18H28N4O2S3. The first-order valence-electron chi connectivity index (χ1n) is 9.79. The van der Waals surface area contributed by atoms with E-state index in [0.29, 0.717) is 12.1 Å². The number of amides is 2. The highest BCUT2D eigenvalue weighted by Gasteiger charge is 2.24. The molecule has 1 heterocycles. The summed E-state index contributed by atoms with van der Waals surface area (Å²) in [5.41, 5.74) is 0. The molecule has 2 amide bonds. The fraction of sp³-hybridized carbons (Fsp3) is 0.778. The van der Waals surface area contributed by atoms with E-state index in [-0.39, 0.29) is 22.3 Å². The molecule has 0 aromatic carbocycles. The van der Waals surface area contributed by atoms with E-state index in [1.54, 1.807) is 0 Å². The fourth-order valence-corrected chi connectivity index (χ4v) is 6.81. The van der Waals surface area contributed by atoms with Crippen LogP contribution < -0.4 is 10.6 Å². The van der Waals surface area contributed by atoms with E-state index in [9.17, 15) is 9.59 Å². The lowest BCUT2D eigenvalue weighted by Crippen LogP contribution is -2.37. The van der Waals surface area contributed by atoms with Gasteiger partial charge in [-0.15, -0.1) is 10.2 Å². The molecule has 150 valence electrons. The molecule has 2 atom stereocenters. The highest BCUT2D eigenvalue weighted by Crippen LogP contribution is 2.33. The van der Waals surface area contributed by atoms with Crippen LogP contribution in [0.4, 0.5) is 0 Å². The monoisotopic (exact) mass is 428 g/mol. The van der Waals surface area contributed by atoms with Gasteiger partial charge in [0.25, 0.3) is 0 Å². The van der Waals surface area contributed by atoms with Gasteiger partial charge in [0.1, 0.15) is 0 Å². The SMILES string of the molecule is CC(Sc1nnc(SC(C)C(=O)NC2CCCC2)s1)C(=O)NC1CCCC1. The Morgan fingerprint density at radius 3 is 1.59 bits per heavy atom. The average molecular weight is 429 g/mol. The van der Waals surface area contributed by atoms with E-state index in [4.69, 9.17) is 0 Å². The van der Waals surface area contributed by atoms with Crippen LogP contribution in [0.1, 0.15) is 65.2 Å². The molecule has 9 heteroatoms. The van der Waals surface area contributed by atoms with Crippen LogP contribution in [0.5, 0.6) is 0 Å². The van der Waals surface area contributed by atoms with Gasteiger partial charge in [-0.1, -0.05) is 60.5 Å². The second-order valence-corrected chi connectivity index (χ2v) is 11.5. The van der Waals surface area contributed by atoms with Crippen molar-refractivity contribution in [1.29, 1.82) is 0 Å². The summed E-state index contributed by atoms with van der Waals surface area (Å²) in [4.78, 5) is 24.6. The highest BCUT2D eigenvalue weighted by atomic mass is 32.2. The molecule has 1 aromatic heterocycles. The lowest BCUT2D eigenvalue weighted by molar-refractivity contribution is -0.121. The predicted octanol–water partition coefficient (Wildman–Crippen LogP) is 3.62. The number of aromatic nitrogens is 2. The second-order valence-electron chi connectivity index (χ2n) is 7.33. The summed E-state index contributed by atoms with van der Waals surface area (Å²) in [6.45, 7) is 3.81. The third-order valence-corrected chi connectivity index (χ3v) is 8.38. The van der Waals surface area contributed by atoms with Crippen LogP contribution in [0.3, 0.4) is 0 Å². The fourth-order valence-electron chi connectivity index (χ4n) is 3.48. The molecule has 27 heavy (non-hydrogen) atoms. The molecule has 2 aliphatic carbocycles. The van der Waals surface area contributed by atoms with E-state index < -0.39 is 0 Å². The molecule has 2 aliphatic rings. The normalized spacial score (nSPS) is 20.5. The van der Waals surface area contributed by atoms with Crippen LogP contribution in [-0.2, 0) is 9.59 Å². The Bertz CT molecular complexity index is 590. The minimum Gasteiger partial charge on any atom is -0.352 e. The van der Waals surface area contributed by atoms with Gasteiger partial charge in [-0.25, -0.2) is 0 Å². The van der Waals surface area contributed by atoms with Crippen molar-refractivity contribution in [2.75, 3.05) is 0 Å². The highest BCUT2D eigenvalue weighted by molar-refractivity contribution is 8.04. The average Bonchev–Trinajstić information content (AvgIpc) is 3.38. The number of carbonyl (C=O) groups excluding carboxylic acids is 2. The predicted molar refractivity (Wildman–Crippen MR) is 111 cm³/mol. The maximum Gasteiger partial charge on any atom is 0.233 e. The maximum absolute atomic E-state index is 12.3. The summed E-state index contributed by atoms with van der Waals surface area (Å²) >= 11 is 4.33. The van der Waals surface area contributed by atoms with Crippen molar-refractivity contribution in [1.82, 2.24) is 20.8 Å². The molecule has 3 rings (SSSR count). The summed E-state index contributed by atoms with van der Waals surface area (Å²) in [7, 11) is 0. The molecule has 0 saturated heterocycles. The molecule has 0 bridgehead atoms. The summed E-state index contributed by atoms with van der Waals surface area (Å²) in [6, 6.07) is 0.667. The van der Waals surface area contributed by atoms with Gasteiger partial charge in [-0.2, -0.15) is 0 Å². The molecule has 0 aliphatic heterocycles. The van der Waals surface area contributed by atoms with Crippen molar-refractivity contribution < 1.29 is 9.59 Å². The second kappa shape index (κ2) is 10.1. The summed E-state index contributed by atoms with van der Waals surface area (Å²) in [5, 5.41) is 14.2. The first-order valence-corrected chi connectivity index (χ1v) is 12.4. The van der Waals surface area contributed by atoms with Gasteiger partial charge in [0, 0.05) is 12.1 Å². The van der Waals surface area contributed by atoms with E-state index >= 15 is 0 Å². The number of carbonyl (C=O) groups is 2. The standard InChI is InChI=1S/C18H28N4O2S3/c1-11(15(23)19-13-7-3-4-8-13)25-17-21-22-18(27-17)26-12(2)16(24)20-14-9-5-6-10-14/h11-14H,3-10H2,1-2H3,(H,19,23)(H,20,24). The first kappa shape index (κ1) is 20.9. The molecule has 2 saturated carbocycles. The third kappa shape index (κ3) is 6.35. The van der Waals surface area contributed by atoms with Gasteiger partial charge in [0.2, 0.25) is 11.8 Å². The van der Waals surface area contributed by atoms with Gasteiger partial charge in [-0.3, -0.25) is 9.59 Å². The quantitative estimate of drug-likeness (QED) is 0.615. The van der Waals surface area contributed by atoms with Crippen LogP contribution in [0, 0.1) is 0 Å². The first-order chi connectivity index (χ1) is 13.0. The van der Waals surface area contributed by atoms with Crippen molar-refractivity contribution in [3.63, 3.8) is 0 Å². The van der Waals surface area contributed by atoms with Gasteiger partial charge in [-0.05, 0) is 39.5 Å². The number of thioether (sulfide) groups is 2. The van der Waals surface area contributed by atoms with E-state index in [2.05, 4.69) is 20.8 Å². The zero-order chi connectivity index (χ0) is 19.2. The summed E-state index contributed by atoms with van der Waals surface area (Å²) in [6.07, 6.45) is 9.16. The van der Waals surface area contributed by atoms with Crippen molar-refractivity contribution in [2.24, 2.45) is 0 Å². The van der Waals surface area contributed by atoms with Crippen molar-refractivity contribution >= 4 is 46.7 Å². The Balaban J connectivity index is 1.44. The van der Waals surface area contributed by atoms with Crippen LogP contribution in [0.15, 0.2) is 8.68 Å². The third-order valence-electron chi connectivity index (χ3n) is 5.08. The zero-order valence-corrected chi connectivity index (χ0v) is 18.4. The van der Waals surface area contributed by atoms with Crippen molar-refractivity contribution in [3.05, 3.63) is 0 Å².